The van der Waals surface area contributed by atoms with Crippen LogP contribution in [0.5, 0.6) is 0 Å². The predicted molar refractivity (Wildman–Crippen MR) is 67.2 cm³/mol. The normalized spacial score (nSPS) is 20.2. The van der Waals surface area contributed by atoms with E-state index >= 15 is 0 Å². The molecule has 0 aromatic heterocycles. The summed E-state index contributed by atoms with van der Waals surface area (Å²) in [6.07, 6.45) is 0.884. The molecule has 1 aliphatic carbocycles. The van der Waals surface area contributed by atoms with Crippen molar-refractivity contribution in [2.24, 2.45) is 5.41 Å². The van der Waals surface area contributed by atoms with E-state index in [1.807, 2.05) is 13.8 Å². The molecule has 0 heterocycles. The maximum absolute atomic E-state index is 12.0. The molecule has 0 bridgehead atoms. The molecule has 6 heteroatoms. The number of nitrogens with two attached hydrogens (primary N) is 1. The molecule has 0 radical (unpaired) electrons. The van der Waals surface area contributed by atoms with Crippen LogP contribution in [0.15, 0.2) is 18.2 Å². The van der Waals surface area contributed by atoms with Crippen LogP contribution in [0.2, 0.25) is 0 Å². The Morgan fingerprint density at radius 1 is 1.56 bits per heavy atom. The molecule has 1 aromatic rings. The number of carbonyl (C=O) groups excluding carboxylic acids is 1. The Hall–Kier alpha value is -2.11. The molecule has 96 valence electrons. The molecule has 2 rings (SSSR count). The first-order valence-corrected chi connectivity index (χ1v) is 5.66. The van der Waals surface area contributed by atoms with Gasteiger partial charge in [-0.15, -0.1) is 0 Å². The van der Waals surface area contributed by atoms with Gasteiger partial charge in [-0.25, -0.2) is 0 Å². The summed E-state index contributed by atoms with van der Waals surface area (Å²) in [5.41, 5.74) is 5.31. The zero-order valence-electron chi connectivity index (χ0n) is 10.3. The van der Waals surface area contributed by atoms with Crippen molar-refractivity contribution in [3.63, 3.8) is 0 Å². The van der Waals surface area contributed by atoms with Gasteiger partial charge in [-0.2, -0.15) is 0 Å². The van der Waals surface area contributed by atoms with Crippen LogP contribution in [0.25, 0.3) is 0 Å². The number of nitro groups is 1. The summed E-state index contributed by atoms with van der Waals surface area (Å²) in [4.78, 5) is 22.3. The third kappa shape index (κ3) is 2.13. The molecular formula is C12H15N3O3. The summed E-state index contributed by atoms with van der Waals surface area (Å²) in [5, 5.41) is 13.7. The van der Waals surface area contributed by atoms with Gasteiger partial charge in [0.05, 0.1) is 4.92 Å². The van der Waals surface area contributed by atoms with Crippen molar-refractivity contribution in [2.45, 2.75) is 26.3 Å². The summed E-state index contributed by atoms with van der Waals surface area (Å²) in [6.45, 7) is 4.07. The standard InChI is InChI=1S/C12H15N3O3/c1-12(2)6-9(12)14-11(16)7-4-3-5-8(13)10(7)15(17)18/h3-5,9H,6,13H2,1-2H3,(H,14,16). The third-order valence-corrected chi connectivity index (χ3v) is 3.31. The highest BCUT2D eigenvalue weighted by Gasteiger charge is 2.47. The van der Waals surface area contributed by atoms with Gasteiger partial charge in [0.1, 0.15) is 11.3 Å². The van der Waals surface area contributed by atoms with E-state index in [0.29, 0.717) is 0 Å². The van der Waals surface area contributed by atoms with E-state index in [-0.39, 0.29) is 28.4 Å². The molecule has 0 saturated heterocycles. The maximum atomic E-state index is 12.0. The van der Waals surface area contributed by atoms with Gasteiger partial charge in [-0.1, -0.05) is 19.9 Å². The van der Waals surface area contributed by atoms with Crippen LogP contribution < -0.4 is 11.1 Å². The molecule has 1 unspecified atom stereocenters. The van der Waals surface area contributed by atoms with Crippen molar-refractivity contribution in [3.05, 3.63) is 33.9 Å². The Morgan fingerprint density at radius 3 is 2.67 bits per heavy atom. The van der Waals surface area contributed by atoms with Crippen LogP contribution in [0.4, 0.5) is 11.4 Å². The number of hydrogen-bond acceptors (Lipinski definition) is 4. The van der Waals surface area contributed by atoms with E-state index in [0.717, 1.165) is 6.42 Å². The molecule has 1 atom stereocenters. The van der Waals surface area contributed by atoms with Gasteiger partial charge in [-0.05, 0) is 24.0 Å². The van der Waals surface area contributed by atoms with Gasteiger partial charge in [0.15, 0.2) is 0 Å². The summed E-state index contributed by atoms with van der Waals surface area (Å²) in [6, 6.07) is 4.44. The summed E-state index contributed by atoms with van der Waals surface area (Å²) < 4.78 is 0. The van der Waals surface area contributed by atoms with Crippen molar-refractivity contribution >= 4 is 17.3 Å². The number of para-hydroxylation sites is 1. The molecule has 1 aliphatic rings. The number of nitrogens with one attached hydrogen (secondary N) is 1. The van der Waals surface area contributed by atoms with Gasteiger partial charge in [0.25, 0.3) is 5.91 Å². The van der Waals surface area contributed by atoms with Gasteiger partial charge in [-0.3, -0.25) is 14.9 Å². The molecule has 1 saturated carbocycles. The minimum Gasteiger partial charge on any atom is -0.393 e. The average molecular weight is 249 g/mol. The average Bonchev–Trinajstić information content (AvgIpc) is 2.84. The lowest BCUT2D eigenvalue weighted by Crippen LogP contribution is -2.29. The number of benzene rings is 1. The number of carbonyl (C=O) groups is 1. The second kappa shape index (κ2) is 3.97. The summed E-state index contributed by atoms with van der Waals surface area (Å²) >= 11 is 0. The molecular weight excluding hydrogens is 234 g/mol. The van der Waals surface area contributed by atoms with E-state index in [9.17, 15) is 14.9 Å². The first-order valence-electron chi connectivity index (χ1n) is 5.66. The second-order valence-electron chi connectivity index (χ2n) is 5.22. The lowest BCUT2D eigenvalue weighted by molar-refractivity contribution is -0.384. The summed E-state index contributed by atoms with van der Waals surface area (Å²) in [5.74, 6) is -0.440. The molecule has 6 nitrogen and oxygen atoms in total. The predicted octanol–water partition coefficient (Wildman–Crippen LogP) is 1.71. The van der Waals surface area contributed by atoms with Crippen molar-refractivity contribution in [3.8, 4) is 0 Å². The first-order chi connectivity index (χ1) is 8.33. The number of amides is 1. The summed E-state index contributed by atoms with van der Waals surface area (Å²) in [7, 11) is 0. The Balaban J connectivity index is 2.25. The fraction of sp³-hybridized carbons (Fsp3) is 0.417. The van der Waals surface area contributed by atoms with Crippen molar-refractivity contribution < 1.29 is 9.72 Å². The largest absolute Gasteiger partial charge is 0.393 e. The Labute approximate surface area is 104 Å². The number of rotatable bonds is 3. The Morgan fingerprint density at radius 2 is 2.17 bits per heavy atom. The molecule has 3 N–H and O–H groups in total. The van der Waals surface area contributed by atoms with Crippen LogP contribution in [0.3, 0.4) is 0 Å². The lowest BCUT2D eigenvalue weighted by Gasteiger charge is -2.08. The molecule has 1 aromatic carbocycles. The highest BCUT2D eigenvalue weighted by Crippen LogP contribution is 2.44. The third-order valence-electron chi connectivity index (χ3n) is 3.31. The van der Waals surface area contributed by atoms with Gasteiger partial charge >= 0.3 is 5.69 Å². The molecule has 0 spiro atoms. The van der Waals surface area contributed by atoms with Crippen LogP contribution in [0.1, 0.15) is 30.6 Å². The van der Waals surface area contributed by atoms with Crippen molar-refractivity contribution in [1.29, 1.82) is 0 Å². The van der Waals surface area contributed by atoms with Gasteiger partial charge < -0.3 is 11.1 Å². The number of nitro benzene ring substituents is 1. The minimum absolute atomic E-state index is 0.00251. The Kier molecular flexibility index (Phi) is 2.73. The van der Waals surface area contributed by atoms with Crippen LogP contribution in [-0.4, -0.2) is 16.9 Å². The number of anilines is 1. The zero-order chi connectivity index (χ0) is 13.5. The fourth-order valence-corrected chi connectivity index (χ4v) is 1.90. The first kappa shape index (κ1) is 12.3. The smallest absolute Gasteiger partial charge is 0.304 e. The maximum Gasteiger partial charge on any atom is 0.304 e. The van der Waals surface area contributed by atoms with Crippen molar-refractivity contribution in [1.82, 2.24) is 5.32 Å². The topological polar surface area (TPSA) is 98.3 Å². The minimum atomic E-state index is -0.623. The van der Waals surface area contributed by atoms with E-state index < -0.39 is 10.8 Å². The monoisotopic (exact) mass is 249 g/mol. The molecule has 0 aliphatic heterocycles. The van der Waals surface area contributed by atoms with E-state index in [2.05, 4.69) is 5.32 Å². The highest BCUT2D eigenvalue weighted by molar-refractivity contribution is 6.00. The Bertz CT molecular complexity index is 525. The molecule has 18 heavy (non-hydrogen) atoms. The fourth-order valence-electron chi connectivity index (χ4n) is 1.90. The SMILES string of the molecule is CC1(C)CC1NC(=O)c1cccc(N)c1[N+](=O)[O-]. The van der Waals surface area contributed by atoms with Crippen LogP contribution in [0, 0.1) is 15.5 Å². The molecule has 1 fully saturated rings. The highest BCUT2D eigenvalue weighted by atomic mass is 16.6. The lowest BCUT2D eigenvalue weighted by atomic mass is 10.1. The second-order valence-corrected chi connectivity index (χ2v) is 5.22. The van der Waals surface area contributed by atoms with Gasteiger partial charge in [0, 0.05) is 6.04 Å². The number of hydrogen-bond donors (Lipinski definition) is 2. The number of nitrogen functional groups attached to an aromatic ring is 1. The quantitative estimate of drug-likeness (QED) is 0.484. The molecule has 1 amide bonds. The zero-order valence-corrected chi connectivity index (χ0v) is 10.3. The van der Waals surface area contributed by atoms with E-state index in [4.69, 9.17) is 5.73 Å². The van der Waals surface area contributed by atoms with Crippen LogP contribution in [-0.2, 0) is 0 Å². The van der Waals surface area contributed by atoms with E-state index in [1.54, 1.807) is 0 Å². The number of nitrogens with zero attached hydrogens (tertiary/aromatic N) is 1. The van der Waals surface area contributed by atoms with Gasteiger partial charge in [0.2, 0.25) is 0 Å². The van der Waals surface area contributed by atoms with E-state index in [1.165, 1.54) is 18.2 Å². The van der Waals surface area contributed by atoms with Crippen molar-refractivity contribution in [2.75, 3.05) is 5.73 Å². The van der Waals surface area contributed by atoms with Crippen LogP contribution >= 0.6 is 0 Å².